The third kappa shape index (κ3) is 8.08. The van der Waals surface area contributed by atoms with E-state index in [2.05, 4.69) is 5.32 Å². The normalized spacial score (nSPS) is 11.8. The van der Waals surface area contributed by atoms with Gasteiger partial charge < -0.3 is 10.2 Å². The molecule has 0 aliphatic carbocycles. The van der Waals surface area contributed by atoms with Crippen LogP contribution in [0.4, 0.5) is 0 Å². The highest BCUT2D eigenvalue weighted by Gasteiger charge is 2.30. The van der Waals surface area contributed by atoms with Crippen molar-refractivity contribution >= 4 is 46.8 Å². The van der Waals surface area contributed by atoms with Crippen molar-refractivity contribution in [3.63, 3.8) is 0 Å². The summed E-state index contributed by atoms with van der Waals surface area (Å²) in [5, 5.41) is 4.23. The Morgan fingerprint density at radius 2 is 1.56 bits per heavy atom. The van der Waals surface area contributed by atoms with E-state index < -0.39 is 6.04 Å². The summed E-state index contributed by atoms with van der Waals surface area (Å²) >= 11 is 13.6. The topological polar surface area (TPSA) is 49.4 Å². The van der Waals surface area contributed by atoms with Gasteiger partial charge in [-0.25, -0.2) is 0 Å². The van der Waals surface area contributed by atoms with Gasteiger partial charge in [-0.1, -0.05) is 65.7 Å². The number of thioether (sulfide) groups is 1. The van der Waals surface area contributed by atoms with Gasteiger partial charge in [0.1, 0.15) is 6.04 Å². The van der Waals surface area contributed by atoms with Crippen LogP contribution in [0, 0.1) is 0 Å². The van der Waals surface area contributed by atoms with Gasteiger partial charge in [-0.05, 0) is 61.4 Å². The van der Waals surface area contributed by atoms with Crippen LogP contribution in [0.2, 0.25) is 10.0 Å². The van der Waals surface area contributed by atoms with Crippen molar-refractivity contribution in [2.24, 2.45) is 0 Å². The molecule has 0 aliphatic rings. The standard InChI is InChI=1S/C27H28Cl2N2O2S/c1-19(2)30-27(33)25(16-20-7-4-3-5-8-20)31(17-21-9-6-10-23(29)15-21)26(32)18-34-24-13-11-22(28)12-14-24/h3-15,19,25H,16-18H2,1-2H3,(H,30,33)/t25-/m1/s1. The Morgan fingerprint density at radius 1 is 0.882 bits per heavy atom. The first-order chi connectivity index (χ1) is 16.3. The molecule has 1 N–H and O–H groups in total. The maximum absolute atomic E-state index is 13.6. The molecular formula is C27H28Cl2N2O2S. The molecule has 0 fully saturated rings. The molecule has 3 rings (SSSR count). The van der Waals surface area contributed by atoms with Crippen LogP contribution >= 0.6 is 35.0 Å². The molecule has 4 nitrogen and oxygen atoms in total. The molecule has 3 aromatic rings. The first kappa shape index (κ1) is 26.1. The summed E-state index contributed by atoms with van der Waals surface area (Å²) in [6, 6.07) is 23.8. The summed E-state index contributed by atoms with van der Waals surface area (Å²) in [5.41, 5.74) is 1.86. The van der Waals surface area contributed by atoms with Crippen molar-refractivity contribution in [2.45, 2.75) is 43.8 Å². The van der Waals surface area contributed by atoms with E-state index in [1.165, 1.54) is 11.8 Å². The summed E-state index contributed by atoms with van der Waals surface area (Å²) in [6.45, 7) is 4.11. The number of amides is 2. The van der Waals surface area contributed by atoms with Gasteiger partial charge in [-0.3, -0.25) is 9.59 Å². The Morgan fingerprint density at radius 3 is 2.21 bits per heavy atom. The van der Waals surface area contributed by atoms with Gasteiger partial charge in [0.25, 0.3) is 0 Å². The maximum Gasteiger partial charge on any atom is 0.243 e. The van der Waals surface area contributed by atoms with Crippen molar-refractivity contribution in [1.29, 1.82) is 0 Å². The average molecular weight is 516 g/mol. The molecule has 0 saturated carbocycles. The van der Waals surface area contributed by atoms with Crippen LogP contribution in [0.25, 0.3) is 0 Å². The van der Waals surface area contributed by atoms with Crippen LogP contribution in [-0.2, 0) is 22.6 Å². The number of hydrogen-bond acceptors (Lipinski definition) is 3. The minimum Gasteiger partial charge on any atom is -0.352 e. The molecule has 0 bridgehead atoms. The molecule has 7 heteroatoms. The van der Waals surface area contributed by atoms with Gasteiger partial charge in [0.2, 0.25) is 11.8 Å². The molecule has 0 aliphatic heterocycles. The minimum absolute atomic E-state index is 0.0441. The zero-order valence-corrected chi connectivity index (χ0v) is 21.5. The highest BCUT2D eigenvalue weighted by molar-refractivity contribution is 8.00. The smallest absolute Gasteiger partial charge is 0.243 e. The fraction of sp³-hybridized carbons (Fsp3) is 0.259. The third-order valence-electron chi connectivity index (χ3n) is 5.12. The van der Waals surface area contributed by atoms with E-state index in [1.807, 2.05) is 74.5 Å². The molecule has 0 saturated heterocycles. The largest absolute Gasteiger partial charge is 0.352 e. The summed E-state index contributed by atoms with van der Waals surface area (Å²) in [6.07, 6.45) is 0.414. The van der Waals surface area contributed by atoms with Gasteiger partial charge >= 0.3 is 0 Å². The first-order valence-corrected chi connectivity index (χ1v) is 12.8. The van der Waals surface area contributed by atoms with Gasteiger partial charge in [0, 0.05) is 33.9 Å². The summed E-state index contributed by atoms with van der Waals surface area (Å²) in [5.74, 6) is -0.104. The number of hydrogen-bond donors (Lipinski definition) is 1. The quantitative estimate of drug-likeness (QED) is 0.325. The number of halogens is 2. The molecule has 178 valence electrons. The average Bonchev–Trinajstić information content (AvgIpc) is 2.81. The van der Waals surface area contributed by atoms with Crippen molar-refractivity contribution in [1.82, 2.24) is 10.2 Å². The second kappa shape index (κ2) is 12.8. The zero-order valence-electron chi connectivity index (χ0n) is 19.2. The predicted octanol–water partition coefficient (Wildman–Crippen LogP) is 6.25. The molecule has 0 heterocycles. The van der Waals surface area contributed by atoms with E-state index in [-0.39, 0.29) is 30.2 Å². The van der Waals surface area contributed by atoms with Crippen LogP contribution < -0.4 is 5.32 Å². The second-order valence-corrected chi connectivity index (χ2v) is 10.2. The van der Waals surface area contributed by atoms with Crippen LogP contribution in [0.5, 0.6) is 0 Å². The molecule has 3 aromatic carbocycles. The van der Waals surface area contributed by atoms with E-state index in [1.54, 1.807) is 23.1 Å². The molecule has 2 amide bonds. The van der Waals surface area contributed by atoms with Gasteiger partial charge in [-0.2, -0.15) is 0 Å². The zero-order chi connectivity index (χ0) is 24.5. The molecule has 0 unspecified atom stereocenters. The van der Waals surface area contributed by atoms with Crippen molar-refractivity contribution in [3.8, 4) is 0 Å². The highest BCUT2D eigenvalue weighted by atomic mass is 35.5. The van der Waals surface area contributed by atoms with Gasteiger partial charge in [0.15, 0.2) is 0 Å². The maximum atomic E-state index is 13.6. The molecule has 0 spiro atoms. The SMILES string of the molecule is CC(C)NC(=O)[C@@H](Cc1ccccc1)N(Cc1cccc(Cl)c1)C(=O)CSc1ccc(Cl)cc1. The number of nitrogens with one attached hydrogen (secondary N) is 1. The Labute approximate surface area is 215 Å². The Bertz CT molecular complexity index is 1090. The molecular weight excluding hydrogens is 487 g/mol. The fourth-order valence-electron chi connectivity index (χ4n) is 3.53. The lowest BCUT2D eigenvalue weighted by Gasteiger charge is -2.32. The number of carbonyl (C=O) groups excluding carboxylic acids is 2. The van der Waals surface area contributed by atoms with Crippen molar-refractivity contribution in [2.75, 3.05) is 5.75 Å². The third-order valence-corrected chi connectivity index (χ3v) is 6.60. The second-order valence-electron chi connectivity index (χ2n) is 8.26. The summed E-state index contributed by atoms with van der Waals surface area (Å²) in [4.78, 5) is 29.5. The summed E-state index contributed by atoms with van der Waals surface area (Å²) in [7, 11) is 0. The van der Waals surface area contributed by atoms with E-state index in [0.717, 1.165) is 16.0 Å². The lowest BCUT2D eigenvalue weighted by atomic mass is 10.0. The van der Waals surface area contributed by atoms with E-state index in [9.17, 15) is 9.59 Å². The van der Waals surface area contributed by atoms with Gasteiger partial charge in [-0.15, -0.1) is 11.8 Å². The predicted molar refractivity (Wildman–Crippen MR) is 141 cm³/mol. The molecule has 34 heavy (non-hydrogen) atoms. The Hall–Kier alpha value is -2.47. The van der Waals surface area contributed by atoms with Crippen LogP contribution in [-0.4, -0.2) is 34.6 Å². The molecule has 0 aromatic heterocycles. The number of rotatable bonds is 10. The van der Waals surface area contributed by atoms with E-state index >= 15 is 0 Å². The summed E-state index contributed by atoms with van der Waals surface area (Å²) < 4.78 is 0. The van der Waals surface area contributed by atoms with E-state index in [4.69, 9.17) is 23.2 Å². The monoisotopic (exact) mass is 514 g/mol. The minimum atomic E-state index is -0.665. The fourth-order valence-corrected chi connectivity index (χ4v) is 4.65. The van der Waals surface area contributed by atoms with Gasteiger partial charge in [0.05, 0.1) is 5.75 Å². The van der Waals surface area contributed by atoms with Crippen LogP contribution in [0.3, 0.4) is 0 Å². The first-order valence-electron chi connectivity index (χ1n) is 11.1. The van der Waals surface area contributed by atoms with Crippen molar-refractivity contribution in [3.05, 3.63) is 100 Å². The van der Waals surface area contributed by atoms with Crippen molar-refractivity contribution < 1.29 is 9.59 Å². The van der Waals surface area contributed by atoms with E-state index in [0.29, 0.717) is 16.5 Å². The molecule has 1 atom stereocenters. The number of carbonyl (C=O) groups is 2. The van der Waals surface area contributed by atoms with Crippen LogP contribution in [0.1, 0.15) is 25.0 Å². The molecule has 0 radical (unpaired) electrons. The Kier molecular flexibility index (Phi) is 9.87. The lowest BCUT2D eigenvalue weighted by molar-refractivity contribution is -0.139. The lowest BCUT2D eigenvalue weighted by Crippen LogP contribution is -2.52. The number of nitrogens with zero attached hydrogens (tertiary/aromatic N) is 1. The number of benzene rings is 3. The highest BCUT2D eigenvalue weighted by Crippen LogP contribution is 2.23. The van der Waals surface area contributed by atoms with Crippen LogP contribution in [0.15, 0.2) is 83.8 Å². The Balaban J connectivity index is 1.90.